The summed E-state index contributed by atoms with van der Waals surface area (Å²) in [6.45, 7) is 0.402. The first-order valence-corrected chi connectivity index (χ1v) is 16.9. The lowest BCUT2D eigenvalue weighted by Gasteiger charge is -2.34. The number of hydrogen-bond acceptors (Lipinski definition) is 6. The van der Waals surface area contributed by atoms with Crippen LogP contribution >= 0.6 is 0 Å². The molecule has 0 radical (unpaired) electrons. The van der Waals surface area contributed by atoms with Gasteiger partial charge in [-0.3, -0.25) is 0 Å². The zero-order valence-corrected chi connectivity index (χ0v) is 26.5. The highest BCUT2D eigenvalue weighted by molar-refractivity contribution is 7.89. The van der Waals surface area contributed by atoms with Gasteiger partial charge in [-0.1, -0.05) is 60.7 Å². The molecule has 2 atom stereocenters. The minimum Gasteiger partial charge on any atom is -0.489 e. The van der Waals surface area contributed by atoms with E-state index in [2.05, 4.69) is 15.3 Å². The first-order chi connectivity index (χ1) is 23.1. The van der Waals surface area contributed by atoms with E-state index in [-0.39, 0.29) is 13.0 Å². The number of para-hydroxylation sites is 2. The Hall–Kier alpha value is -4.88. The monoisotopic (exact) mass is 678 g/mol. The third kappa shape index (κ3) is 7.80. The number of alkyl carbamates (subject to hydrolysis) is 1. The first kappa shape index (κ1) is 33.0. The summed E-state index contributed by atoms with van der Waals surface area (Å²) in [4.78, 5) is 20.8. The fraction of sp³-hybridized carbons (Fsp3) is 0.257. The molecule has 6 rings (SSSR count). The number of sulfonamides is 1. The Bertz CT molecular complexity index is 1930. The van der Waals surface area contributed by atoms with Crippen LogP contribution in [0.4, 0.5) is 18.0 Å². The van der Waals surface area contributed by atoms with Crippen molar-refractivity contribution in [2.75, 3.05) is 6.54 Å². The molecule has 2 N–H and O–H groups in total. The van der Waals surface area contributed by atoms with Gasteiger partial charge in [-0.25, -0.2) is 18.2 Å². The maximum absolute atomic E-state index is 13.5. The molecule has 1 aliphatic heterocycles. The summed E-state index contributed by atoms with van der Waals surface area (Å²) in [6, 6.07) is 27.5. The van der Waals surface area contributed by atoms with E-state index in [0.29, 0.717) is 49.0 Å². The number of aromatic amines is 1. The summed E-state index contributed by atoms with van der Waals surface area (Å²) in [7, 11) is -4.41. The van der Waals surface area contributed by atoms with E-state index in [9.17, 15) is 26.4 Å². The summed E-state index contributed by atoms with van der Waals surface area (Å²) in [5.41, 5.74) is 2.28. The minimum atomic E-state index is -4.72. The first-order valence-electron chi connectivity index (χ1n) is 15.4. The van der Waals surface area contributed by atoms with Crippen LogP contribution in [0.5, 0.6) is 5.75 Å². The molecule has 4 aromatic carbocycles. The average molecular weight is 679 g/mol. The number of H-pyrrole nitrogens is 1. The van der Waals surface area contributed by atoms with Crippen LogP contribution in [0.25, 0.3) is 11.0 Å². The van der Waals surface area contributed by atoms with E-state index in [0.717, 1.165) is 39.1 Å². The van der Waals surface area contributed by atoms with Crippen molar-refractivity contribution in [1.29, 1.82) is 0 Å². The van der Waals surface area contributed by atoms with Gasteiger partial charge in [0.15, 0.2) is 6.23 Å². The number of piperidine rings is 1. The predicted molar refractivity (Wildman–Crippen MR) is 172 cm³/mol. The van der Waals surface area contributed by atoms with Gasteiger partial charge in [0.25, 0.3) is 0 Å². The second-order valence-corrected chi connectivity index (χ2v) is 13.3. The van der Waals surface area contributed by atoms with Gasteiger partial charge in [-0.15, -0.1) is 0 Å². The van der Waals surface area contributed by atoms with Crippen molar-refractivity contribution in [3.05, 3.63) is 126 Å². The number of carbonyl (C=O) groups is 1. The molecule has 13 heteroatoms. The number of halogens is 3. The Kier molecular flexibility index (Phi) is 9.69. The van der Waals surface area contributed by atoms with Gasteiger partial charge in [0.05, 0.1) is 27.5 Å². The molecule has 1 fully saturated rings. The minimum absolute atomic E-state index is 0.0117. The molecule has 48 heavy (non-hydrogen) atoms. The maximum Gasteiger partial charge on any atom is 0.416 e. The van der Waals surface area contributed by atoms with Crippen molar-refractivity contribution < 1.29 is 35.9 Å². The number of alkyl halides is 3. The molecule has 1 amide bonds. The normalized spacial score (nSPS) is 16.4. The van der Waals surface area contributed by atoms with E-state index >= 15 is 0 Å². The fourth-order valence-corrected chi connectivity index (χ4v) is 7.21. The summed E-state index contributed by atoms with van der Waals surface area (Å²) in [5, 5.41) is 2.84. The van der Waals surface area contributed by atoms with Crippen molar-refractivity contribution in [2.45, 2.75) is 55.6 Å². The van der Waals surface area contributed by atoms with Crippen molar-refractivity contribution in [3.63, 3.8) is 0 Å². The molecule has 2 heterocycles. The third-order valence-electron chi connectivity index (χ3n) is 8.05. The summed E-state index contributed by atoms with van der Waals surface area (Å²) in [6.07, 6.45) is -5.29. The number of rotatable bonds is 10. The van der Waals surface area contributed by atoms with Crippen LogP contribution in [0.1, 0.15) is 47.8 Å². The second-order valence-electron chi connectivity index (χ2n) is 11.5. The quantitative estimate of drug-likeness (QED) is 0.160. The Morgan fingerprint density at radius 2 is 1.69 bits per heavy atom. The van der Waals surface area contributed by atoms with Crippen LogP contribution in [0.15, 0.2) is 108 Å². The number of hydrogen-bond donors (Lipinski definition) is 2. The highest BCUT2D eigenvalue weighted by Crippen LogP contribution is 2.33. The fourth-order valence-electron chi connectivity index (χ4n) is 5.59. The Balaban J connectivity index is 1.19. The molecule has 0 saturated carbocycles. The van der Waals surface area contributed by atoms with Gasteiger partial charge in [0.2, 0.25) is 10.0 Å². The molecule has 1 aromatic heterocycles. The van der Waals surface area contributed by atoms with Gasteiger partial charge >= 0.3 is 12.3 Å². The number of nitrogens with one attached hydrogen (secondary N) is 2. The standard InChI is InChI=1S/C35H33F3N4O5S/c36-35(37,38)26-11-8-12-28(22-26)48(44,45)42-20-7-6-15-32(42)47-34(43)41-31(33-39-29-13-4-5-14-30(29)40-33)21-24-16-18-27(19-17-24)46-23-25-9-2-1-3-10-25/h1-5,8-14,16-19,22,31-32H,6-7,15,20-21,23H2,(H,39,40)(H,41,43)/t31-,32-/m0/s1. The summed E-state index contributed by atoms with van der Waals surface area (Å²) in [5.74, 6) is 1.14. The number of nitrogens with zero attached hydrogens (tertiary/aromatic N) is 2. The van der Waals surface area contributed by atoms with Crippen molar-refractivity contribution >= 4 is 27.1 Å². The number of fused-ring (bicyclic) bond motifs is 1. The van der Waals surface area contributed by atoms with E-state index in [1.807, 2.05) is 78.9 Å². The number of ether oxygens (including phenoxy) is 2. The van der Waals surface area contributed by atoms with Crippen molar-refractivity contribution in [2.24, 2.45) is 0 Å². The van der Waals surface area contributed by atoms with Gasteiger partial charge in [-0.05, 0) is 72.9 Å². The SMILES string of the molecule is O=C(N[C@@H](Cc1ccc(OCc2ccccc2)cc1)c1nc2ccccc2[nH]1)O[C@H]1CCCCN1S(=O)(=O)c1cccc(C(F)(F)F)c1. The molecule has 0 aliphatic carbocycles. The largest absolute Gasteiger partial charge is 0.489 e. The number of benzene rings is 4. The molecule has 250 valence electrons. The Morgan fingerprint density at radius 3 is 2.44 bits per heavy atom. The predicted octanol–water partition coefficient (Wildman–Crippen LogP) is 7.37. The molecule has 0 bridgehead atoms. The van der Waals surface area contributed by atoms with Gasteiger partial charge in [0.1, 0.15) is 18.2 Å². The van der Waals surface area contributed by atoms with Gasteiger partial charge in [-0.2, -0.15) is 17.5 Å². The molecular formula is C35H33F3N4O5S. The van der Waals surface area contributed by atoms with Gasteiger partial charge < -0.3 is 19.8 Å². The molecular weight excluding hydrogens is 645 g/mol. The Morgan fingerprint density at radius 1 is 0.938 bits per heavy atom. The van der Waals surface area contributed by atoms with Crippen LogP contribution in [0.3, 0.4) is 0 Å². The third-order valence-corrected chi connectivity index (χ3v) is 9.94. The molecule has 1 aliphatic rings. The molecule has 5 aromatic rings. The van der Waals surface area contributed by atoms with Gasteiger partial charge in [0, 0.05) is 13.0 Å². The molecule has 0 unspecified atom stereocenters. The van der Waals surface area contributed by atoms with E-state index < -0.39 is 45.0 Å². The summed E-state index contributed by atoms with van der Waals surface area (Å²) < 4.78 is 79.6. The van der Waals surface area contributed by atoms with E-state index in [4.69, 9.17) is 9.47 Å². The topological polar surface area (TPSA) is 114 Å². The number of carbonyl (C=O) groups excluding carboxylic acids is 1. The van der Waals surface area contributed by atoms with E-state index in [1.54, 1.807) is 0 Å². The van der Waals surface area contributed by atoms with Crippen LogP contribution in [-0.2, 0) is 34.0 Å². The highest BCUT2D eigenvalue weighted by atomic mass is 32.2. The van der Waals surface area contributed by atoms with Crippen molar-refractivity contribution in [1.82, 2.24) is 19.6 Å². The zero-order chi connectivity index (χ0) is 33.7. The van der Waals surface area contributed by atoms with Crippen LogP contribution in [0, 0.1) is 0 Å². The lowest BCUT2D eigenvalue weighted by molar-refractivity contribution is -0.137. The number of imidazole rings is 1. The molecule has 0 spiro atoms. The van der Waals surface area contributed by atoms with Crippen molar-refractivity contribution in [3.8, 4) is 5.75 Å². The molecule has 9 nitrogen and oxygen atoms in total. The maximum atomic E-state index is 13.5. The Labute approximate surface area is 275 Å². The number of aromatic nitrogens is 2. The number of amides is 1. The second kappa shape index (κ2) is 14.1. The van der Waals surface area contributed by atoms with Crippen LogP contribution in [-0.4, -0.2) is 41.6 Å². The molecule has 1 saturated heterocycles. The smallest absolute Gasteiger partial charge is 0.416 e. The highest BCUT2D eigenvalue weighted by Gasteiger charge is 2.38. The van der Waals surface area contributed by atoms with Crippen LogP contribution < -0.4 is 10.1 Å². The zero-order valence-electron chi connectivity index (χ0n) is 25.7. The van der Waals surface area contributed by atoms with E-state index in [1.165, 1.54) is 0 Å². The average Bonchev–Trinajstić information content (AvgIpc) is 3.53. The lowest BCUT2D eigenvalue weighted by Crippen LogP contribution is -2.47. The van der Waals surface area contributed by atoms with Crippen LogP contribution in [0.2, 0.25) is 0 Å². The lowest BCUT2D eigenvalue weighted by atomic mass is 10.1. The summed E-state index contributed by atoms with van der Waals surface area (Å²) >= 11 is 0.